The third-order valence-electron chi connectivity index (χ3n) is 4.47. The number of carbonyl (C=O) groups is 3. The Morgan fingerprint density at radius 1 is 1.36 bits per heavy atom. The summed E-state index contributed by atoms with van der Waals surface area (Å²) in [6, 6.07) is 0. The minimum Gasteiger partial charge on any atom is -0.427 e. The number of β-lactam (4-membered cyclic amide) rings is 1. The predicted octanol–water partition coefficient (Wildman–Crippen LogP) is 1.28. The standard InChI is InChI=1S/C17H24N2O6S2.ClH/c1-8(20)10-12(21)19-11(14(22)24-7-25-16(23)17(2,3)4)15(27-13(10)19)26-9-5-18-6-9;/h8-10,13,18,20H,5-7H2,1-4H3;1H/t8?,10?,13-;/m1./s1. The number of nitrogens with one attached hydrogen (secondary N) is 1. The zero-order valence-corrected chi connectivity index (χ0v) is 18.5. The molecule has 2 N–H and O–H groups in total. The summed E-state index contributed by atoms with van der Waals surface area (Å²) >= 11 is 2.94. The number of amides is 1. The number of hydrogen-bond donors (Lipinski definition) is 2. The highest BCUT2D eigenvalue weighted by molar-refractivity contribution is 8.23. The Labute approximate surface area is 178 Å². The van der Waals surface area contributed by atoms with Crippen molar-refractivity contribution in [1.29, 1.82) is 0 Å². The van der Waals surface area contributed by atoms with Crippen molar-refractivity contribution >= 4 is 53.8 Å². The topological polar surface area (TPSA) is 105 Å². The summed E-state index contributed by atoms with van der Waals surface area (Å²) in [5.74, 6) is -2.00. The number of halogens is 1. The Bertz CT molecular complexity index is 690. The first-order valence-corrected chi connectivity index (χ1v) is 10.5. The first-order valence-electron chi connectivity index (χ1n) is 8.75. The molecular weight excluding hydrogens is 428 g/mol. The van der Waals surface area contributed by atoms with Crippen LogP contribution in [0.5, 0.6) is 0 Å². The second-order valence-electron chi connectivity index (χ2n) is 7.75. The van der Waals surface area contributed by atoms with Crippen LogP contribution in [-0.2, 0) is 23.9 Å². The van der Waals surface area contributed by atoms with Gasteiger partial charge in [-0.2, -0.15) is 0 Å². The van der Waals surface area contributed by atoms with Crippen molar-refractivity contribution < 1.29 is 29.0 Å². The van der Waals surface area contributed by atoms with Gasteiger partial charge in [0, 0.05) is 18.3 Å². The number of thioether (sulfide) groups is 2. The molecule has 28 heavy (non-hydrogen) atoms. The molecule has 0 aliphatic carbocycles. The molecule has 0 spiro atoms. The van der Waals surface area contributed by atoms with E-state index < -0.39 is 36.2 Å². The molecule has 1 amide bonds. The first kappa shape index (κ1) is 23.3. The molecule has 0 aromatic rings. The zero-order chi connectivity index (χ0) is 19.9. The van der Waals surface area contributed by atoms with Crippen molar-refractivity contribution in [3.63, 3.8) is 0 Å². The molecule has 158 valence electrons. The fourth-order valence-corrected chi connectivity index (χ4v) is 5.98. The quantitative estimate of drug-likeness (QED) is 0.350. The normalized spacial score (nSPS) is 25.3. The Balaban J connectivity index is 0.00000280. The van der Waals surface area contributed by atoms with Crippen molar-refractivity contribution in [1.82, 2.24) is 10.2 Å². The van der Waals surface area contributed by atoms with E-state index in [0.717, 1.165) is 17.3 Å². The number of esters is 2. The lowest BCUT2D eigenvalue weighted by Crippen LogP contribution is -2.60. The number of hydrogen-bond acceptors (Lipinski definition) is 9. The van der Waals surface area contributed by atoms with Gasteiger partial charge in [-0.15, -0.1) is 24.2 Å². The van der Waals surface area contributed by atoms with Gasteiger partial charge < -0.3 is 19.9 Å². The fraction of sp³-hybridized carbons (Fsp3) is 0.706. The molecule has 11 heteroatoms. The van der Waals surface area contributed by atoms with E-state index in [1.807, 2.05) is 0 Å². The van der Waals surface area contributed by atoms with Crippen LogP contribution in [0.3, 0.4) is 0 Å². The maximum atomic E-state index is 12.6. The average molecular weight is 453 g/mol. The molecule has 3 heterocycles. The lowest BCUT2D eigenvalue weighted by atomic mass is 9.92. The largest absolute Gasteiger partial charge is 0.427 e. The third-order valence-corrected chi connectivity index (χ3v) is 7.27. The van der Waals surface area contributed by atoms with Crippen LogP contribution in [0.1, 0.15) is 27.7 Å². The van der Waals surface area contributed by atoms with Gasteiger partial charge in [0.1, 0.15) is 5.37 Å². The minimum atomic E-state index is -0.786. The summed E-state index contributed by atoms with van der Waals surface area (Å²) in [4.78, 5) is 38.2. The molecule has 2 saturated heterocycles. The van der Waals surface area contributed by atoms with E-state index in [9.17, 15) is 19.5 Å². The second kappa shape index (κ2) is 8.83. The van der Waals surface area contributed by atoms with E-state index in [-0.39, 0.29) is 29.4 Å². The van der Waals surface area contributed by atoms with E-state index in [1.165, 1.54) is 28.4 Å². The second-order valence-corrected chi connectivity index (χ2v) is 10.4. The Morgan fingerprint density at radius 2 is 2.00 bits per heavy atom. The van der Waals surface area contributed by atoms with Gasteiger partial charge in [0.25, 0.3) is 0 Å². The van der Waals surface area contributed by atoms with E-state index >= 15 is 0 Å². The molecular formula is C17H25ClN2O6S2. The van der Waals surface area contributed by atoms with Gasteiger partial charge in [-0.05, 0) is 27.7 Å². The fourth-order valence-electron chi connectivity index (χ4n) is 2.74. The number of ether oxygens (including phenoxy) is 2. The first-order chi connectivity index (χ1) is 12.6. The molecule has 0 bridgehead atoms. The van der Waals surface area contributed by atoms with Gasteiger partial charge >= 0.3 is 11.9 Å². The summed E-state index contributed by atoms with van der Waals surface area (Å²) in [6.07, 6.45) is -0.786. The van der Waals surface area contributed by atoms with Gasteiger partial charge in [-0.3, -0.25) is 14.5 Å². The van der Waals surface area contributed by atoms with Gasteiger partial charge in [-0.25, -0.2) is 4.79 Å². The zero-order valence-electron chi connectivity index (χ0n) is 16.1. The van der Waals surface area contributed by atoms with Gasteiger partial charge in [-0.1, -0.05) is 11.8 Å². The summed E-state index contributed by atoms with van der Waals surface area (Å²) < 4.78 is 10.8. The van der Waals surface area contributed by atoms with Crippen molar-refractivity contribution in [3.8, 4) is 0 Å². The van der Waals surface area contributed by atoms with Crippen molar-refractivity contribution in [3.05, 3.63) is 9.93 Å². The lowest BCUT2D eigenvalue weighted by Gasteiger charge is -2.43. The van der Waals surface area contributed by atoms with E-state index in [1.54, 1.807) is 27.7 Å². The highest BCUT2D eigenvalue weighted by Crippen LogP contribution is 2.54. The lowest BCUT2D eigenvalue weighted by molar-refractivity contribution is -0.174. The molecule has 3 aliphatic rings. The third kappa shape index (κ3) is 4.46. The van der Waals surface area contributed by atoms with Gasteiger partial charge in [0.05, 0.1) is 21.7 Å². The van der Waals surface area contributed by atoms with E-state index in [0.29, 0.717) is 5.25 Å². The number of fused-ring (bicyclic) bond motifs is 1. The smallest absolute Gasteiger partial charge is 0.359 e. The molecule has 3 aliphatic heterocycles. The predicted molar refractivity (Wildman–Crippen MR) is 108 cm³/mol. The summed E-state index contributed by atoms with van der Waals surface area (Å²) in [5, 5.41) is 13.0. The van der Waals surface area contributed by atoms with Crippen LogP contribution in [0, 0.1) is 11.3 Å². The SMILES string of the molecule is CC(O)C1C(=O)N2C(C(=O)OCOC(=O)C(C)(C)C)=C(SC3CNC3)S[C@H]12.Cl. The number of rotatable bonds is 6. The van der Waals surface area contributed by atoms with Crippen molar-refractivity contribution in [2.75, 3.05) is 19.9 Å². The number of aliphatic hydroxyl groups is 1. The Hall–Kier alpha value is -0.940. The van der Waals surface area contributed by atoms with Crippen molar-refractivity contribution in [2.45, 2.75) is 44.4 Å². The summed E-state index contributed by atoms with van der Waals surface area (Å²) in [5.41, 5.74) is -0.508. The number of nitrogens with zero attached hydrogens (tertiary/aromatic N) is 1. The minimum absolute atomic E-state index is 0. The molecule has 0 aromatic heterocycles. The molecule has 0 radical (unpaired) electrons. The van der Waals surface area contributed by atoms with Crippen LogP contribution in [0.15, 0.2) is 9.93 Å². The van der Waals surface area contributed by atoms with E-state index in [4.69, 9.17) is 9.47 Å². The molecule has 8 nitrogen and oxygen atoms in total. The van der Waals surface area contributed by atoms with Crippen LogP contribution in [0.4, 0.5) is 0 Å². The Kier molecular flexibility index (Phi) is 7.36. The summed E-state index contributed by atoms with van der Waals surface area (Å²) in [7, 11) is 0. The maximum Gasteiger partial charge on any atom is 0.359 e. The summed E-state index contributed by atoms with van der Waals surface area (Å²) in [6.45, 7) is 7.85. The molecule has 2 fully saturated rings. The number of aliphatic hydroxyl groups excluding tert-OH is 1. The van der Waals surface area contributed by atoms with E-state index in [2.05, 4.69) is 5.32 Å². The Morgan fingerprint density at radius 3 is 2.50 bits per heavy atom. The molecule has 0 saturated carbocycles. The molecule has 3 rings (SSSR count). The number of carbonyl (C=O) groups excluding carboxylic acids is 3. The van der Waals surface area contributed by atoms with Crippen molar-refractivity contribution in [2.24, 2.45) is 11.3 Å². The molecule has 2 unspecified atom stereocenters. The monoisotopic (exact) mass is 452 g/mol. The van der Waals surface area contributed by atoms with Crippen LogP contribution in [0.2, 0.25) is 0 Å². The average Bonchev–Trinajstić information content (AvgIpc) is 2.83. The maximum absolute atomic E-state index is 12.6. The highest BCUT2D eigenvalue weighted by Gasteiger charge is 2.58. The van der Waals surface area contributed by atoms with Gasteiger partial charge in [0.15, 0.2) is 5.70 Å². The highest BCUT2D eigenvalue weighted by atomic mass is 35.5. The van der Waals surface area contributed by atoms with Crippen LogP contribution in [-0.4, -0.2) is 64.5 Å². The molecule has 0 aromatic carbocycles. The molecule has 3 atom stereocenters. The van der Waals surface area contributed by atoms with Crippen LogP contribution < -0.4 is 5.32 Å². The van der Waals surface area contributed by atoms with Crippen LogP contribution >= 0.6 is 35.9 Å². The van der Waals surface area contributed by atoms with Gasteiger partial charge in [0.2, 0.25) is 12.7 Å². The van der Waals surface area contributed by atoms with Crippen LogP contribution in [0.25, 0.3) is 0 Å².